The summed E-state index contributed by atoms with van der Waals surface area (Å²) in [7, 11) is 0. The zero-order chi connectivity index (χ0) is 27.0. The minimum atomic E-state index is -0.659. The summed E-state index contributed by atoms with van der Waals surface area (Å²) < 4.78 is 29.0. The highest BCUT2D eigenvalue weighted by Crippen LogP contribution is 2.30. The predicted molar refractivity (Wildman–Crippen MR) is 138 cm³/mol. The Kier molecular flexibility index (Phi) is 6.47. The number of amides is 1. The van der Waals surface area contributed by atoms with Gasteiger partial charge in [-0.1, -0.05) is 0 Å². The van der Waals surface area contributed by atoms with Crippen molar-refractivity contribution in [2.75, 3.05) is 18.8 Å². The smallest absolute Gasteiger partial charge is 0.410 e. The molecule has 4 heterocycles. The minimum Gasteiger partial charge on any atom is -0.454 e. The number of nitrogens with zero attached hydrogens (tertiary/aromatic N) is 6. The summed E-state index contributed by atoms with van der Waals surface area (Å²) in [5, 5.41) is 0. The van der Waals surface area contributed by atoms with Gasteiger partial charge in [0.05, 0.1) is 5.69 Å². The third-order valence-corrected chi connectivity index (χ3v) is 6.21. The van der Waals surface area contributed by atoms with E-state index in [1.165, 1.54) is 35.4 Å². The van der Waals surface area contributed by atoms with Crippen molar-refractivity contribution < 1.29 is 18.7 Å². The van der Waals surface area contributed by atoms with Crippen molar-refractivity contribution >= 4 is 23.1 Å². The van der Waals surface area contributed by atoms with Crippen molar-refractivity contribution in [3.8, 4) is 17.2 Å². The number of rotatable bonds is 4. The molecule has 0 atom stereocenters. The highest BCUT2D eigenvalue weighted by Gasteiger charge is 2.31. The van der Waals surface area contributed by atoms with E-state index in [0.29, 0.717) is 37.3 Å². The molecule has 0 spiro atoms. The van der Waals surface area contributed by atoms with Crippen molar-refractivity contribution in [1.82, 2.24) is 29.0 Å². The number of hydrogen-bond acceptors (Lipinski definition) is 8. The topological polar surface area (TPSA) is 130 Å². The number of hydrogen-bond donors (Lipinski definition) is 1. The first-order valence-corrected chi connectivity index (χ1v) is 12.2. The van der Waals surface area contributed by atoms with E-state index in [4.69, 9.17) is 15.2 Å². The summed E-state index contributed by atoms with van der Waals surface area (Å²) >= 11 is 0. The van der Waals surface area contributed by atoms with E-state index in [9.17, 15) is 9.59 Å². The molecule has 1 aromatic carbocycles. The van der Waals surface area contributed by atoms with Gasteiger partial charge in [-0.2, -0.15) is 0 Å². The maximum Gasteiger partial charge on any atom is 0.410 e. The fourth-order valence-corrected chi connectivity index (χ4v) is 4.51. The van der Waals surface area contributed by atoms with Gasteiger partial charge in [0.15, 0.2) is 23.0 Å². The molecule has 0 unspecified atom stereocenters. The van der Waals surface area contributed by atoms with E-state index in [0.717, 1.165) is 0 Å². The molecule has 1 aliphatic heterocycles. The Balaban J connectivity index is 1.47. The fourth-order valence-electron chi connectivity index (χ4n) is 4.51. The number of ether oxygens (including phenoxy) is 2. The summed E-state index contributed by atoms with van der Waals surface area (Å²) in [6.07, 6.45) is 5.00. The maximum absolute atomic E-state index is 15.1. The molecule has 4 aromatic rings. The van der Waals surface area contributed by atoms with Gasteiger partial charge in [-0.15, -0.1) is 0 Å². The lowest BCUT2D eigenvalue weighted by Gasteiger charge is -2.33. The number of benzene rings is 1. The Morgan fingerprint density at radius 2 is 1.82 bits per heavy atom. The molecule has 12 heteroatoms. The second-order valence-electron chi connectivity index (χ2n) is 10.0. The normalized spacial score (nSPS) is 14.6. The molecule has 2 N–H and O–H groups in total. The third-order valence-electron chi connectivity index (χ3n) is 6.21. The molecule has 1 amide bonds. The summed E-state index contributed by atoms with van der Waals surface area (Å²) in [6, 6.07) is 7.19. The van der Waals surface area contributed by atoms with E-state index in [1.54, 1.807) is 27.7 Å². The Hall–Kier alpha value is -4.48. The zero-order valence-electron chi connectivity index (χ0n) is 21.3. The number of nitrogens with two attached hydrogens (primary N) is 1. The Bertz CT molecular complexity index is 1540. The highest BCUT2D eigenvalue weighted by molar-refractivity contribution is 5.84. The molecular weight excluding hydrogens is 493 g/mol. The highest BCUT2D eigenvalue weighted by atomic mass is 19.1. The predicted octanol–water partition coefficient (Wildman–Crippen LogP) is 4.06. The van der Waals surface area contributed by atoms with Crippen LogP contribution < -0.4 is 16.2 Å². The van der Waals surface area contributed by atoms with Crippen LogP contribution in [0.2, 0.25) is 0 Å². The first-order valence-electron chi connectivity index (χ1n) is 12.2. The molecule has 1 aliphatic rings. The summed E-state index contributed by atoms with van der Waals surface area (Å²) in [5.74, 6) is -0.144. The van der Waals surface area contributed by atoms with Crippen LogP contribution in [-0.4, -0.2) is 53.8 Å². The molecule has 11 nitrogen and oxygen atoms in total. The van der Waals surface area contributed by atoms with E-state index in [-0.39, 0.29) is 34.9 Å². The number of piperidine rings is 1. The van der Waals surface area contributed by atoms with Crippen LogP contribution in [0.5, 0.6) is 11.5 Å². The van der Waals surface area contributed by atoms with Crippen molar-refractivity contribution in [3.05, 3.63) is 65.4 Å². The monoisotopic (exact) mass is 521 g/mol. The fraction of sp³-hybridized carbons (Fsp3) is 0.346. The largest absolute Gasteiger partial charge is 0.454 e. The van der Waals surface area contributed by atoms with Crippen LogP contribution in [0.1, 0.15) is 39.7 Å². The van der Waals surface area contributed by atoms with Crippen molar-refractivity contribution in [2.24, 2.45) is 0 Å². The molecule has 38 heavy (non-hydrogen) atoms. The lowest BCUT2D eigenvalue weighted by Crippen LogP contribution is -2.43. The van der Waals surface area contributed by atoms with Gasteiger partial charge in [-0.3, -0.25) is 14.1 Å². The van der Waals surface area contributed by atoms with E-state index in [2.05, 4.69) is 15.0 Å². The van der Waals surface area contributed by atoms with Crippen molar-refractivity contribution in [2.45, 2.75) is 45.3 Å². The van der Waals surface area contributed by atoms with E-state index < -0.39 is 17.1 Å². The van der Waals surface area contributed by atoms with Crippen molar-refractivity contribution in [1.29, 1.82) is 0 Å². The van der Waals surface area contributed by atoms with Gasteiger partial charge >= 0.3 is 11.8 Å². The molecule has 0 saturated carbocycles. The second-order valence-corrected chi connectivity index (χ2v) is 10.0. The van der Waals surface area contributed by atoms with Crippen LogP contribution in [0.3, 0.4) is 0 Å². The molecule has 5 rings (SSSR count). The quantitative estimate of drug-likeness (QED) is 0.425. The molecule has 3 aromatic heterocycles. The number of carbonyl (C=O) groups is 1. The van der Waals surface area contributed by atoms with Crippen molar-refractivity contribution in [3.63, 3.8) is 0 Å². The SMILES string of the molecule is CC(C)(C)OC(=O)N1CCC(n2c(=O)n(-c3ccc(Oc4ccncc4)c(F)c3)c3c(N)ncnc32)CC1. The van der Waals surface area contributed by atoms with Gasteiger partial charge in [0.25, 0.3) is 0 Å². The number of aromatic nitrogens is 5. The number of fused-ring (bicyclic) bond motifs is 1. The van der Waals surface area contributed by atoms with Crippen LogP contribution >= 0.6 is 0 Å². The Morgan fingerprint density at radius 3 is 2.47 bits per heavy atom. The summed E-state index contributed by atoms with van der Waals surface area (Å²) in [4.78, 5) is 40.2. The molecule has 1 saturated heterocycles. The minimum absolute atomic E-state index is 0.00419. The lowest BCUT2D eigenvalue weighted by molar-refractivity contribution is 0.0188. The van der Waals surface area contributed by atoms with Crippen LogP contribution in [0.15, 0.2) is 53.8 Å². The Morgan fingerprint density at radius 1 is 1.11 bits per heavy atom. The molecule has 1 fully saturated rings. The molecule has 198 valence electrons. The standard InChI is InChI=1S/C26H28FN7O4/c1-26(2,3)38-25(36)32-12-8-16(9-13-32)34-23-21(22(28)30-15-31-23)33(24(34)35)17-4-5-20(19(27)14-17)37-18-6-10-29-11-7-18/h4-7,10-11,14-16H,8-9,12-13H2,1-3H3,(H2,28,30,31). The van der Waals surface area contributed by atoms with Gasteiger partial charge in [-0.25, -0.2) is 23.9 Å². The zero-order valence-corrected chi connectivity index (χ0v) is 21.3. The summed E-state index contributed by atoms with van der Waals surface area (Å²) in [6.45, 7) is 6.27. The number of pyridine rings is 1. The van der Waals surface area contributed by atoms with Gasteiger partial charge < -0.3 is 20.1 Å². The van der Waals surface area contributed by atoms with Gasteiger partial charge in [-0.05, 0) is 57.9 Å². The van der Waals surface area contributed by atoms with Crippen LogP contribution in [0.25, 0.3) is 16.9 Å². The van der Waals surface area contributed by atoms with Crippen LogP contribution in [-0.2, 0) is 4.74 Å². The molecule has 0 bridgehead atoms. The lowest BCUT2D eigenvalue weighted by atomic mass is 10.1. The van der Waals surface area contributed by atoms with Gasteiger partial charge in [0.2, 0.25) is 0 Å². The average molecular weight is 522 g/mol. The third kappa shape index (κ3) is 4.89. The number of likely N-dealkylation sites (tertiary alicyclic amines) is 1. The van der Waals surface area contributed by atoms with Gasteiger partial charge in [0.1, 0.15) is 23.2 Å². The first kappa shape index (κ1) is 25.2. The summed E-state index contributed by atoms with van der Waals surface area (Å²) in [5.41, 5.74) is 6.04. The number of imidazole rings is 1. The number of halogens is 1. The van der Waals surface area contributed by atoms with Crippen LogP contribution in [0, 0.1) is 5.82 Å². The number of carbonyl (C=O) groups excluding carboxylic acids is 1. The van der Waals surface area contributed by atoms with E-state index in [1.807, 2.05) is 20.8 Å². The maximum atomic E-state index is 15.1. The van der Waals surface area contributed by atoms with E-state index >= 15 is 4.39 Å². The van der Waals surface area contributed by atoms with Crippen LogP contribution in [0.4, 0.5) is 15.0 Å². The first-order chi connectivity index (χ1) is 18.1. The van der Waals surface area contributed by atoms with Gasteiger partial charge in [0, 0.05) is 37.6 Å². The molecule has 0 radical (unpaired) electrons. The number of anilines is 1. The second kappa shape index (κ2) is 9.77. The Labute approximate surface area is 217 Å². The molecule has 0 aliphatic carbocycles. The molecular formula is C26H28FN7O4. The average Bonchev–Trinajstić information content (AvgIpc) is 3.18. The number of nitrogen functional groups attached to an aromatic ring is 1.